The monoisotopic (exact) mass is 370 g/mol. The molecule has 0 aliphatic carbocycles. The third-order valence-electron chi connectivity index (χ3n) is 3.69. The first-order valence-electron chi connectivity index (χ1n) is 9.39. The van der Waals surface area contributed by atoms with E-state index in [1.807, 2.05) is 81.6 Å². The van der Waals surface area contributed by atoms with Crippen LogP contribution in [0, 0.1) is 0 Å². The average molecular weight is 371 g/mol. The number of nitrogens with one attached hydrogen (secondary N) is 1. The van der Waals surface area contributed by atoms with Crippen molar-refractivity contribution in [1.82, 2.24) is 19.5 Å². The quantitative estimate of drug-likeness (QED) is 0.639. The maximum atomic E-state index is 5.57. The molecule has 0 atom stereocenters. The van der Waals surface area contributed by atoms with Crippen LogP contribution < -0.4 is 10.2 Å². The number of ether oxygens (including phenoxy) is 1. The van der Waals surface area contributed by atoms with Crippen LogP contribution in [0.4, 0.5) is 11.6 Å². The summed E-state index contributed by atoms with van der Waals surface area (Å²) in [5, 5.41) is 3.31. The second kappa shape index (κ2) is 9.87. The van der Waals surface area contributed by atoms with Crippen LogP contribution >= 0.6 is 0 Å². The Morgan fingerprint density at radius 2 is 1.89 bits per heavy atom. The Labute approximate surface area is 161 Å². The highest BCUT2D eigenvalue weighted by Gasteiger charge is 2.11. The highest BCUT2D eigenvalue weighted by atomic mass is 16.5. The van der Waals surface area contributed by atoms with Crippen molar-refractivity contribution in [1.29, 1.82) is 0 Å². The zero-order valence-corrected chi connectivity index (χ0v) is 17.1. The fraction of sp³-hybridized carbons (Fsp3) is 0.450. The normalized spacial score (nSPS) is 10.6. The van der Waals surface area contributed by atoms with Gasteiger partial charge >= 0.3 is 0 Å². The standard InChI is InChI=1S/C18H24N6O.C2H6/c1-13(2)25-10-9-19-16-11-17(23(3)4)22-18(21-16)24-12-20-14-7-5-6-8-15(14)24;1-2/h5-8,11-13H,9-10H2,1-4H3,(H,19,21,22);1-2H3. The van der Waals surface area contributed by atoms with Crippen molar-refractivity contribution in [3.8, 4) is 5.95 Å². The molecule has 2 aromatic heterocycles. The van der Waals surface area contributed by atoms with Crippen LogP contribution in [0.2, 0.25) is 0 Å². The first-order valence-corrected chi connectivity index (χ1v) is 9.39. The summed E-state index contributed by atoms with van der Waals surface area (Å²) in [6.07, 6.45) is 1.97. The van der Waals surface area contributed by atoms with E-state index in [0.717, 1.165) is 22.7 Å². The lowest BCUT2D eigenvalue weighted by Crippen LogP contribution is -2.17. The first-order chi connectivity index (χ1) is 13.0. The van der Waals surface area contributed by atoms with Gasteiger partial charge in [0.15, 0.2) is 0 Å². The van der Waals surface area contributed by atoms with Crippen molar-refractivity contribution in [2.75, 3.05) is 37.5 Å². The third-order valence-corrected chi connectivity index (χ3v) is 3.69. The zero-order valence-electron chi connectivity index (χ0n) is 17.1. The van der Waals surface area contributed by atoms with Crippen molar-refractivity contribution in [3.05, 3.63) is 36.7 Å². The van der Waals surface area contributed by atoms with Crippen molar-refractivity contribution in [2.45, 2.75) is 33.8 Å². The van der Waals surface area contributed by atoms with Crippen LogP contribution in [0.1, 0.15) is 27.7 Å². The number of benzene rings is 1. The summed E-state index contributed by atoms with van der Waals surface area (Å²) in [6, 6.07) is 9.87. The van der Waals surface area contributed by atoms with Crippen LogP contribution in [0.5, 0.6) is 0 Å². The smallest absolute Gasteiger partial charge is 0.239 e. The van der Waals surface area contributed by atoms with Gasteiger partial charge in [-0.1, -0.05) is 26.0 Å². The predicted molar refractivity (Wildman–Crippen MR) is 112 cm³/mol. The van der Waals surface area contributed by atoms with E-state index in [1.165, 1.54) is 0 Å². The molecule has 3 aromatic rings. The van der Waals surface area contributed by atoms with Gasteiger partial charge in [-0.15, -0.1) is 0 Å². The zero-order chi connectivity index (χ0) is 19.8. The average Bonchev–Trinajstić information content (AvgIpc) is 3.10. The fourth-order valence-electron chi connectivity index (χ4n) is 2.44. The Hall–Kier alpha value is -2.67. The largest absolute Gasteiger partial charge is 0.377 e. The summed E-state index contributed by atoms with van der Waals surface area (Å²) >= 11 is 0. The lowest BCUT2D eigenvalue weighted by molar-refractivity contribution is 0.0870. The van der Waals surface area contributed by atoms with Gasteiger partial charge in [0.25, 0.3) is 0 Å². The van der Waals surface area contributed by atoms with Crippen LogP contribution in [-0.2, 0) is 4.74 Å². The van der Waals surface area contributed by atoms with Gasteiger partial charge in [-0.05, 0) is 26.0 Å². The highest BCUT2D eigenvalue weighted by Crippen LogP contribution is 2.20. The molecular formula is C20H30N6O. The minimum absolute atomic E-state index is 0.220. The molecule has 0 unspecified atom stereocenters. The molecule has 7 heteroatoms. The van der Waals surface area contributed by atoms with Crippen LogP contribution in [-0.4, -0.2) is 52.9 Å². The molecule has 2 heterocycles. The fourth-order valence-corrected chi connectivity index (χ4v) is 2.44. The van der Waals surface area contributed by atoms with Crippen molar-refractivity contribution < 1.29 is 4.74 Å². The molecule has 0 bridgehead atoms. The topological polar surface area (TPSA) is 68.1 Å². The maximum absolute atomic E-state index is 5.57. The van der Waals surface area contributed by atoms with Gasteiger partial charge in [0, 0.05) is 26.7 Å². The van der Waals surface area contributed by atoms with Gasteiger partial charge in [0.2, 0.25) is 5.95 Å². The summed E-state index contributed by atoms with van der Waals surface area (Å²) in [5.74, 6) is 2.18. The molecule has 0 aliphatic heterocycles. The molecule has 146 valence electrons. The lowest BCUT2D eigenvalue weighted by atomic mass is 10.3. The molecule has 7 nitrogen and oxygen atoms in total. The van der Waals surface area contributed by atoms with Crippen LogP contribution in [0.25, 0.3) is 17.0 Å². The SMILES string of the molecule is CC.CC(C)OCCNc1cc(N(C)C)nc(-n2cnc3ccccc32)n1. The molecule has 0 aliphatic rings. The minimum atomic E-state index is 0.220. The Bertz CT molecular complexity index is 843. The van der Waals surface area contributed by atoms with Gasteiger partial charge in [-0.25, -0.2) is 4.98 Å². The minimum Gasteiger partial charge on any atom is -0.377 e. The van der Waals surface area contributed by atoms with E-state index < -0.39 is 0 Å². The molecular weight excluding hydrogens is 340 g/mol. The summed E-state index contributed by atoms with van der Waals surface area (Å²) < 4.78 is 7.47. The van der Waals surface area contributed by atoms with E-state index in [9.17, 15) is 0 Å². The van der Waals surface area contributed by atoms with Crippen molar-refractivity contribution in [3.63, 3.8) is 0 Å². The number of hydrogen-bond donors (Lipinski definition) is 1. The summed E-state index contributed by atoms with van der Waals surface area (Å²) in [5.41, 5.74) is 1.90. The molecule has 27 heavy (non-hydrogen) atoms. The second-order valence-electron chi connectivity index (χ2n) is 6.26. The van der Waals surface area contributed by atoms with E-state index in [4.69, 9.17) is 4.74 Å². The number of anilines is 2. The third kappa shape index (κ3) is 5.40. The van der Waals surface area contributed by atoms with Crippen molar-refractivity contribution in [2.24, 2.45) is 0 Å². The van der Waals surface area contributed by atoms with E-state index >= 15 is 0 Å². The summed E-state index contributed by atoms with van der Waals surface area (Å²) in [4.78, 5) is 15.7. The number of nitrogens with zero attached hydrogens (tertiary/aromatic N) is 5. The number of rotatable bonds is 7. The van der Waals surface area contributed by atoms with Gasteiger partial charge in [0.1, 0.15) is 18.0 Å². The highest BCUT2D eigenvalue weighted by molar-refractivity contribution is 5.76. The van der Waals surface area contributed by atoms with Gasteiger partial charge in [-0.3, -0.25) is 4.57 Å². The van der Waals surface area contributed by atoms with Crippen LogP contribution in [0.15, 0.2) is 36.7 Å². The molecule has 1 aromatic carbocycles. The molecule has 0 saturated carbocycles. The van der Waals surface area contributed by atoms with E-state index in [1.54, 1.807) is 6.33 Å². The molecule has 0 amide bonds. The van der Waals surface area contributed by atoms with E-state index in [2.05, 4.69) is 20.3 Å². The number of aromatic nitrogens is 4. The van der Waals surface area contributed by atoms with E-state index in [0.29, 0.717) is 19.1 Å². The predicted octanol–water partition coefficient (Wildman–Crippen LogP) is 3.74. The van der Waals surface area contributed by atoms with Crippen LogP contribution in [0.3, 0.4) is 0 Å². The lowest BCUT2D eigenvalue weighted by Gasteiger charge is -2.15. The number of imidazole rings is 1. The second-order valence-corrected chi connectivity index (χ2v) is 6.26. The molecule has 0 radical (unpaired) electrons. The summed E-state index contributed by atoms with van der Waals surface area (Å²) in [7, 11) is 3.92. The maximum Gasteiger partial charge on any atom is 0.239 e. The molecule has 0 fully saturated rings. The Kier molecular flexibility index (Phi) is 7.55. The van der Waals surface area contributed by atoms with Gasteiger partial charge in [0.05, 0.1) is 23.7 Å². The van der Waals surface area contributed by atoms with Gasteiger partial charge in [-0.2, -0.15) is 9.97 Å². The Balaban J connectivity index is 0.00000126. The summed E-state index contributed by atoms with van der Waals surface area (Å²) in [6.45, 7) is 9.36. The molecule has 3 rings (SSSR count). The molecule has 0 spiro atoms. The molecule has 0 saturated heterocycles. The number of fused-ring (bicyclic) bond motifs is 1. The van der Waals surface area contributed by atoms with Crippen molar-refractivity contribution >= 4 is 22.7 Å². The first kappa shape index (κ1) is 20.6. The Morgan fingerprint density at radius 1 is 1.15 bits per heavy atom. The molecule has 1 N–H and O–H groups in total. The Morgan fingerprint density at radius 3 is 2.59 bits per heavy atom. The number of hydrogen-bond acceptors (Lipinski definition) is 6. The van der Waals surface area contributed by atoms with E-state index in [-0.39, 0.29) is 6.10 Å². The number of para-hydroxylation sites is 2. The van der Waals surface area contributed by atoms with Gasteiger partial charge < -0.3 is 15.0 Å².